The van der Waals surface area contributed by atoms with Gasteiger partial charge < -0.3 is 14.6 Å². The number of unbranched alkanes of at least 4 members (excludes halogenated alkanes) is 18. The zero-order valence-corrected chi connectivity index (χ0v) is 29.5. The molecule has 1 N–H and O–H groups in total. The largest absolute Gasteiger partial charge is 0.462 e. The molecule has 0 fully saturated rings. The van der Waals surface area contributed by atoms with Crippen molar-refractivity contribution < 1.29 is 29.0 Å². The van der Waals surface area contributed by atoms with Crippen molar-refractivity contribution in [3.63, 3.8) is 0 Å². The molecular weight excluding hydrogens is 564 g/mol. The van der Waals surface area contributed by atoms with E-state index < -0.39 is 6.10 Å². The van der Waals surface area contributed by atoms with Crippen molar-refractivity contribution in [3.05, 3.63) is 24.3 Å². The Morgan fingerprint density at radius 1 is 0.622 bits per heavy atom. The first-order valence-electron chi connectivity index (χ1n) is 18.7. The van der Waals surface area contributed by atoms with Crippen molar-refractivity contribution in [1.82, 2.24) is 0 Å². The SMILES string of the molecule is CCCCCC(=O)/C=C/C=C\CCCCCCCC(=O)O[C@@H](CO)COC(=O)CCCCCCCCCCCCCCC(C)C. The van der Waals surface area contributed by atoms with Crippen LogP contribution in [0.1, 0.15) is 181 Å². The molecule has 0 aromatic heterocycles. The van der Waals surface area contributed by atoms with Gasteiger partial charge in [0.2, 0.25) is 0 Å². The van der Waals surface area contributed by atoms with Gasteiger partial charge in [-0.3, -0.25) is 14.4 Å². The number of hydrogen-bond acceptors (Lipinski definition) is 6. The Hall–Kier alpha value is -1.95. The summed E-state index contributed by atoms with van der Waals surface area (Å²) in [5, 5.41) is 9.53. The molecule has 0 amide bonds. The maximum Gasteiger partial charge on any atom is 0.306 e. The standard InChI is InChI=1S/C39H70O6/c1-4-5-23-29-36(41)30-25-20-16-12-10-14-18-22-27-32-39(43)45-37(33-40)34-44-38(42)31-26-21-17-13-9-7-6-8-11-15-19-24-28-35(2)3/h16,20,25,30,35,37,40H,4-15,17-19,21-24,26-29,31-34H2,1-3H3/b20-16-,30-25+/t37-/m0/s1. The van der Waals surface area contributed by atoms with Crippen molar-refractivity contribution in [3.8, 4) is 0 Å². The Kier molecular flexibility index (Phi) is 32.0. The molecule has 0 aromatic rings. The molecule has 0 rings (SSSR count). The Morgan fingerprint density at radius 2 is 1.13 bits per heavy atom. The summed E-state index contributed by atoms with van der Waals surface area (Å²) in [6.45, 7) is 6.29. The molecule has 6 heteroatoms. The van der Waals surface area contributed by atoms with Gasteiger partial charge in [-0.05, 0) is 44.1 Å². The van der Waals surface area contributed by atoms with Gasteiger partial charge >= 0.3 is 11.9 Å². The Balaban J connectivity index is 3.63. The molecular formula is C39H70O6. The number of aliphatic hydroxyl groups excluding tert-OH is 1. The molecule has 0 aromatic carbocycles. The van der Waals surface area contributed by atoms with Gasteiger partial charge in [-0.1, -0.05) is 148 Å². The Bertz CT molecular complexity index is 757. The minimum atomic E-state index is -0.797. The lowest BCUT2D eigenvalue weighted by atomic mass is 10.0. The summed E-state index contributed by atoms with van der Waals surface area (Å²) in [6, 6.07) is 0. The van der Waals surface area contributed by atoms with Gasteiger partial charge in [0.25, 0.3) is 0 Å². The molecule has 0 aliphatic carbocycles. The number of aliphatic hydroxyl groups is 1. The van der Waals surface area contributed by atoms with E-state index in [1.807, 2.05) is 12.2 Å². The monoisotopic (exact) mass is 635 g/mol. The molecule has 0 spiro atoms. The first kappa shape index (κ1) is 43.0. The van der Waals surface area contributed by atoms with Crippen LogP contribution in [0.4, 0.5) is 0 Å². The average molecular weight is 635 g/mol. The van der Waals surface area contributed by atoms with E-state index in [9.17, 15) is 19.5 Å². The number of rotatable bonds is 33. The van der Waals surface area contributed by atoms with Crippen LogP contribution in [0.5, 0.6) is 0 Å². The van der Waals surface area contributed by atoms with Crippen LogP contribution in [0.2, 0.25) is 0 Å². The highest BCUT2D eigenvalue weighted by Gasteiger charge is 2.16. The summed E-state index contributed by atoms with van der Waals surface area (Å²) in [5.74, 6) is 0.384. The normalized spacial score (nSPS) is 12.4. The van der Waals surface area contributed by atoms with Crippen LogP contribution in [0.3, 0.4) is 0 Å². The molecule has 0 bridgehead atoms. The zero-order valence-electron chi connectivity index (χ0n) is 29.5. The molecule has 0 aliphatic heterocycles. The summed E-state index contributed by atoms with van der Waals surface area (Å²) in [7, 11) is 0. The number of allylic oxidation sites excluding steroid dienone is 4. The highest BCUT2D eigenvalue weighted by atomic mass is 16.6. The summed E-state index contributed by atoms with van der Waals surface area (Å²) in [4.78, 5) is 35.9. The number of carbonyl (C=O) groups excluding carboxylic acids is 3. The number of esters is 2. The zero-order chi connectivity index (χ0) is 33.2. The van der Waals surface area contributed by atoms with Crippen molar-refractivity contribution in [2.75, 3.05) is 13.2 Å². The molecule has 0 heterocycles. The van der Waals surface area contributed by atoms with Gasteiger partial charge in [-0.25, -0.2) is 0 Å². The van der Waals surface area contributed by atoms with Gasteiger partial charge in [-0.15, -0.1) is 0 Å². The first-order valence-corrected chi connectivity index (χ1v) is 18.7. The predicted molar refractivity (Wildman–Crippen MR) is 187 cm³/mol. The third kappa shape index (κ3) is 33.2. The fourth-order valence-electron chi connectivity index (χ4n) is 5.25. The minimum absolute atomic E-state index is 0.0888. The summed E-state index contributed by atoms with van der Waals surface area (Å²) in [6.07, 6.45) is 33.6. The molecule has 262 valence electrons. The molecule has 6 nitrogen and oxygen atoms in total. The maximum atomic E-state index is 12.1. The van der Waals surface area contributed by atoms with Crippen LogP contribution in [-0.2, 0) is 23.9 Å². The lowest BCUT2D eigenvalue weighted by molar-refractivity contribution is -0.161. The van der Waals surface area contributed by atoms with Crippen molar-refractivity contribution in [2.24, 2.45) is 5.92 Å². The van der Waals surface area contributed by atoms with Crippen molar-refractivity contribution in [1.29, 1.82) is 0 Å². The van der Waals surface area contributed by atoms with Crippen molar-refractivity contribution >= 4 is 17.7 Å². The second kappa shape index (κ2) is 33.4. The maximum absolute atomic E-state index is 12.1. The van der Waals surface area contributed by atoms with Crippen LogP contribution in [-0.4, -0.2) is 42.1 Å². The van der Waals surface area contributed by atoms with E-state index in [1.165, 1.54) is 64.2 Å². The van der Waals surface area contributed by atoms with Gasteiger partial charge in [0.05, 0.1) is 6.61 Å². The fraction of sp³-hybridized carbons (Fsp3) is 0.821. The summed E-state index contributed by atoms with van der Waals surface area (Å²) < 4.78 is 10.6. The van der Waals surface area contributed by atoms with E-state index in [-0.39, 0.29) is 30.9 Å². The number of ketones is 1. The van der Waals surface area contributed by atoms with Crippen LogP contribution in [0, 0.1) is 5.92 Å². The van der Waals surface area contributed by atoms with Gasteiger partial charge in [0, 0.05) is 19.3 Å². The quantitative estimate of drug-likeness (QED) is 0.0334. The van der Waals surface area contributed by atoms with Gasteiger partial charge in [0.15, 0.2) is 11.9 Å². The van der Waals surface area contributed by atoms with E-state index >= 15 is 0 Å². The molecule has 1 atom stereocenters. The van der Waals surface area contributed by atoms with E-state index in [2.05, 4.69) is 26.8 Å². The first-order chi connectivity index (χ1) is 21.9. The summed E-state index contributed by atoms with van der Waals surface area (Å²) >= 11 is 0. The fourth-order valence-corrected chi connectivity index (χ4v) is 5.25. The van der Waals surface area contributed by atoms with E-state index in [0.717, 1.165) is 83.0 Å². The van der Waals surface area contributed by atoms with Gasteiger partial charge in [0.1, 0.15) is 6.61 Å². The number of carbonyl (C=O) groups is 3. The molecule has 0 radical (unpaired) electrons. The third-order valence-corrected chi connectivity index (χ3v) is 8.15. The van der Waals surface area contributed by atoms with Crippen LogP contribution in [0.25, 0.3) is 0 Å². The Labute approximate surface area is 277 Å². The van der Waals surface area contributed by atoms with Crippen LogP contribution < -0.4 is 0 Å². The second-order valence-electron chi connectivity index (χ2n) is 13.2. The van der Waals surface area contributed by atoms with Gasteiger partial charge in [-0.2, -0.15) is 0 Å². The molecule has 45 heavy (non-hydrogen) atoms. The van der Waals surface area contributed by atoms with Crippen LogP contribution in [0.15, 0.2) is 24.3 Å². The molecule has 0 saturated carbocycles. The van der Waals surface area contributed by atoms with E-state index in [0.29, 0.717) is 19.3 Å². The lowest BCUT2D eigenvalue weighted by Gasteiger charge is -2.15. The smallest absolute Gasteiger partial charge is 0.306 e. The van der Waals surface area contributed by atoms with E-state index in [1.54, 1.807) is 6.08 Å². The number of hydrogen-bond donors (Lipinski definition) is 1. The minimum Gasteiger partial charge on any atom is -0.462 e. The topological polar surface area (TPSA) is 89.9 Å². The highest BCUT2D eigenvalue weighted by molar-refractivity contribution is 5.89. The highest BCUT2D eigenvalue weighted by Crippen LogP contribution is 2.15. The number of ether oxygens (including phenoxy) is 2. The lowest BCUT2D eigenvalue weighted by Crippen LogP contribution is -2.28. The third-order valence-electron chi connectivity index (χ3n) is 8.15. The molecule has 0 saturated heterocycles. The molecule has 0 aliphatic rings. The van der Waals surface area contributed by atoms with Crippen LogP contribution >= 0.6 is 0 Å². The predicted octanol–water partition coefficient (Wildman–Crippen LogP) is 10.5. The van der Waals surface area contributed by atoms with E-state index in [4.69, 9.17) is 9.47 Å². The average Bonchev–Trinajstić information content (AvgIpc) is 3.01. The second-order valence-corrected chi connectivity index (χ2v) is 13.2. The van der Waals surface area contributed by atoms with Crippen molar-refractivity contribution in [2.45, 2.75) is 187 Å². The molecule has 0 unspecified atom stereocenters. The Morgan fingerprint density at radius 3 is 1.69 bits per heavy atom. The summed E-state index contributed by atoms with van der Waals surface area (Å²) in [5.41, 5.74) is 0.